The van der Waals surface area contributed by atoms with Crippen LogP contribution in [0.1, 0.15) is 24.5 Å². The molecule has 3 N–H and O–H groups in total. The van der Waals surface area contributed by atoms with Crippen molar-refractivity contribution in [3.8, 4) is 5.75 Å². The van der Waals surface area contributed by atoms with E-state index in [2.05, 4.69) is 0 Å². The molecule has 0 radical (unpaired) electrons. The van der Waals surface area contributed by atoms with Crippen LogP contribution < -0.4 is 4.74 Å². The summed E-state index contributed by atoms with van der Waals surface area (Å²) in [6.07, 6.45) is -0.283. The van der Waals surface area contributed by atoms with Gasteiger partial charge < -0.3 is 24.8 Å². The number of sulfone groups is 1. The fourth-order valence-corrected chi connectivity index (χ4v) is 2.85. The lowest BCUT2D eigenvalue weighted by Gasteiger charge is -2.23. The number of rotatable bonds is 10. The summed E-state index contributed by atoms with van der Waals surface area (Å²) in [7, 11) is -3.91. The van der Waals surface area contributed by atoms with Crippen LogP contribution in [0.4, 0.5) is 0 Å². The second-order valence-corrected chi connectivity index (χ2v) is 8.20. The summed E-state index contributed by atoms with van der Waals surface area (Å²) in [6.45, 7) is 1.38. The Kier molecular flexibility index (Phi) is 6.59. The van der Waals surface area contributed by atoms with Crippen LogP contribution in [0.25, 0.3) is 0 Å². The van der Waals surface area contributed by atoms with Crippen molar-refractivity contribution in [3.63, 3.8) is 0 Å². The lowest BCUT2D eigenvalue weighted by molar-refractivity contribution is -0.0321. The van der Waals surface area contributed by atoms with Crippen molar-refractivity contribution >= 4 is 9.84 Å². The third-order valence-corrected chi connectivity index (χ3v) is 4.98. The molecule has 1 aromatic rings. The van der Waals surface area contributed by atoms with Gasteiger partial charge in [-0.15, -0.1) is 0 Å². The first-order valence-electron chi connectivity index (χ1n) is 7.83. The van der Waals surface area contributed by atoms with E-state index in [0.717, 1.165) is 6.26 Å². The second kappa shape index (κ2) is 8.26. The Morgan fingerprint density at radius 1 is 1.17 bits per heavy atom. The van der Waals surface area contributed by atoms with Crippen molar-refractivity contribution in [3.05, 3.63) is 29.8 Å². The Morgan fingerprint density at radius 3 is 2.46 bits per heavy atom. The summed E-state index contributed by atoms with van der Waals surface area (Å²) in [5.41, 5.74) is -1.88. The lowest BCUT2D eigenvalue weighted by atomic mass is 10.0. The van der Waals surface area contributed by atoms with Gasteiger partial charge in [-0.25, -0.2) is 8.42 Å². The fraction of sp³-hybridized carbons (Fsp3) is 0.625. The van der Waals surface area contributed by atoms with Crippen molar-refractivity contribution in [2.75, 3.05) is 26.1 Å². The van der Waals surface area contributed by atoms with Crippen LogP contribution in [0.3, 0.4) is 0 Å². The molecule has 1 aliphatic carbocycles. The second-order valence-electron chi connectivity index (χ2n) is 6.06. The Labute approximate surface area is 141 Å². The van der Waals surface area contributed by atoms with Gasteiger partial charge in [0.15, 0.2) is 15.3 Å². The molecule has 0 spiro atoms. The molecule has 3 atom stereocenters. The van der Waals surface area contributed by atoms with Crippen LogP contribution in [0.5, 0.6) is 5.75 Å². The molecule has 7 nitrogen and oxygen atoms in total. The molecule has 1 fully saturated rings. The zero-order valence-corrected chi connectivity index (χ0v) is 14.4. The maximum Gasteiger partial charge on any atom is 0.183 e. The first kappa shape index (κ1) is 19.1. The molecule has 0 aromatic heterocycles. The van der Waals surface area contributed by atoms with Crippen molar-refractivity contribution < 1.29 is 33.2 Å². The minimum absolute atomic E-state index is 0.204. The first-order valence-corrected chi connectivity index (χ1v) is 9.78. The van der Waals surface area contributed by atoms with Gasteiger partial charge in [0.1, 0.15) is 24.6 Å². The standard InChI is InChI=1S/C16H24O7S/c1-24(20,21)16(19)15(18)14(17)12-4-2-3-5-13(12)23-9-8-22-10-11-6-7-11/h2-5,11,14-19H,6-10H2,1H3. The number of para-hydroxylation sites is 1. The summed E-state index contributed by atoms with van der Waals surface area (Å²) in [5.74, 6) is 0.964. The van der Waals surface area contributed by atoms with Crippen LogP contribution >= 0.6 is 0 Å². The van der Waals surface area contributed by atoms with Crippen LogP contribution in [0, 0.1) is 5.92 Å². The number of benzene rings is 1. The van der Waals surface area contributed by atoms with Gasteiger partial charge in [0, 0.05) is 18.4 Å². The number of hydrogen-bond donors (Lipinski definition) is 3. The SMILES string of the molecule is CS(=O)(=O)C(O)C(O)C(O)c1ccccc1OCCOCC1CC1. The summed E-state index contributed by atoms with van der Waals surface area (Å²) in [5, 5.41) is 29.7. The quantitative estimate of drug-likeness (QED) is 0.513. The highest BCUT2D eigenvalue weighted by atomic mass is 32.2. The van der Waals surface area contributed by atoms with E-state index in [9.17, 15) is 23.7 Å². The van der Waals surface area contributed by atoms with E-state index in [0.29, 0.717) is 24.9 Å². The van der Waals surface area contributed by atoms with E-state index in [1.807, 2.05) is 0 Å². The Hall–Kier alpha value is -1.19. The zero-order valence-electron chi connectivity index (χ0n) is 13.5. The number of aliphatic hydroxyl groups excluding tert-OH is 3. The highest BCUT2D eigenvalue weighted by Gasteiger charge is 2.34. The molecule has 0 heterocycles. The Balaban J connectivity index is 1.95. The predicted octanol–water partition coefficient (Wildman–Crippen LogP) is 0.249. The van der Waals surface area contributed by atoms with Gasteiger partial charge in [0.2, 0.25) is 0 Å². The maximum absolute atomic E-state index is 11.3. The Bertz CT molecular complexity index is 627. The molecule has 0 saturated heterocycles. The molecule has 24 heavy (non-hydrogen) atoms. The van der Waals surface area contributed by atoms with Crippen LogP contribution in [-0.4, -0.2) is 61.4 Å². The molecule has 1 aromatic carbocycles. The van der Waals surface area contributed by atoms with Crippen molar-refractivity contribution in [1.82, 2.24) is 0 Å². The van der Waals surface area contributed by atoms with E-state index in [4.69, 9.17) is 9.47 Å². The van der Waals surface area contributed by atoms with Crippen molar-refractivity contribution in [2.45, 2.75) is 30.5 Å². The average Bonchev–Trinajstić information content (AvgIpc) is 3.36. The molecule has 0 bridgehead atoms. The minimum atomic E-state index is -3.91. The zero-order chi connectivity index (χ0) is 17.7. The molecule has 8 heteroatoms. The summed E-state index contributed by atoms with van der Waals surface area (Å²) in [6, 6.07) is 6.41. The Morgan fingerprint density at radius 2 is 1.83 bits per heavy atom. The van der Waals surface area contributed by atoms with Gasteiger partial charge in [-0.3, -0.25) is 0 Å². The molecule has 136 valence electrons. The van der Waals surface area contributed by atoms with Gasteiger partial charge in [-0.05, 0) is 24.8 Å². The molecule has 1 saturated carbocycles. The van der Waals surface area contributed by atoms with E-state index < -0.39 is 27.5 Å². The number of ether oxygens (including phenoxy) is 2. The summed E-state index contributed by atoms with van der Waals surface area (Å²) >= 11 is 0. The summed E-state index contributed by atoms with van der Waals surface area (Å²) < 4.78 is 33.7. The molecule has 1 aliphatic rings. The smallest absolute Gasteiger partial charge is 0.183 e. The normalized spacial score (nSPS) is 18.8. The van der Waals surface area contributed by atoms with Crippen molar-refractivity contribution in [2.24, 2.45) is 5.92 Å². The average molecular weight is 360 g/mol. The molecular formula is C16H24O7S. The van der Waals surface area contributed by atoms with E-state index in [-0.39, 0.29) is 12.2 Å². The third-order valence-electron chi connectivity index (χ3n) is 3.83. The lowest BCUT2D eigenvalue weighted by Crippen LogP contribution is -2.37. The van der Waals surface area contributed by atoms with Crippen molar-refractivity contribution in [1.29, 1.82) is 0 Å². The number of hydrogen-bond acceptors (Lipinski definition) is 7. The maximum atomic E-state index is 11.3. The van der Waals surface area contributed by atoms with Crippen LogP contribution in [0.15, 0.2) is 24.3 Å². The largest absolute Gasteiger partial charge is 0.491 e. The van der Waals surface area contributed by atoms with Gasteiger partial charge in [0.25, 0.3) is 0 Å². The van der Waals surface area contributed by atoms with Gasteiger partial charge >= 0.3 is 0 Å². The molecule has 3 unspecified atom stereocenters. The molecular weight excluding hydrogens is 336 g/mol. The van der Waals surface area contributed by atoms with Crippen LogP contribution in [0.2, 0.25) is 0 Å². The van der Waals surface area contributed by atoms with E-state index in [1.54, 1.807) is 18.2 Å². The first-order chi connectivity index (χ1) is 11.3. The highest BCUT2D eigenvalue weighted by molar-refractivity contribution is 7.91. The van der Waals surface area contributed by atoms with Crippen LogP contribution in [-0.2, 0) is 14.6 Å². The highest BCUT2D eigenvalue weighted by Crippen LogP contribution is 2.30. The van der Waals surface area contributed by atoms with E-state index in [1.165, 1.54) is 18.9 Å². The third kappa shape index (κ3) is 5.42. The molecule has 0 amide bonds. The number of aliphatic hydroxyl groups is 3. The molecule has 2 rings (SSSR count). The summed E-state index contributed by atoms with van der Waals surface area (Å²) in [4.78, 5) is 0. The predicted molar refractivity (Wildman–Crippen MR) is 87.3 cm³/mol. The molecule has 0 aliphatic heterocycles. The van der Waals surface area contributed by atoms with Gasteiger partial charge in [-0.1, -0.05) is 18.2 Å². The monoisotopic (exact) mass is 360 g/mol. The fourth-order valence-electron chi connectivity index (χ4n) is 2.19. The van der Waals surface area contributed by atoms with Gasteiger partial charge in [-0.2, -0.15) is 0 Å². The topological polar surface area (TPSA) is 113 Å². The minimum Gasteiger partial charge on any atom is -0.491 e. The van der Waals surface area contributed by atoms with Gasteiger partial charge in [0.05, 0.1) is 6.61 Å². The van der Waals surface area contributed by atoms with E-state index >= 15 is 0 Å².